The lowest BCUT2D eigenvalue weighted by molar-refractivity contribution is -0.117. The minimum absolute atomic E-state index is 0.0464. The van der Waals surface area contributed by atoms with E-state index in [-0.39, 0.29) is 17.7 Å². The Morgan fingerprint density at radius 1 is 1.36 bits per heavy atom. The first-order chi connectivity index (χ1) is 10.7. The van der Waals surface area contributed by atoms with E-state index in [1.54, 1.807) is 12.1 Å². The maximum atomic E-state index is 11.7. The molecule has 0 bridgehead atoms. The summed E-state index contributed by atoms with van der Waals surface area (Å²) in [6.07, 6.45) is 3.12. The van der Waals surface area contributed by atoms with Gasteiger partial charge in [-0.1, -0.05) is 0 Å². The molecule has 1 fully saturated rings. The predicted octanol–water partition coefficient (Wildman–Crippen LogP) is 2.07. The average Bonchev–Trinajstić information content (AvgIpc) is 3.34. The van der Waals surface area contributed by atoms with Crippen LogP contribution in [0.1, 0.15) is 18.4 Å². The number of hydrogen-bond acceptors (Lipinski definition) is 6. The Labute approximate surface area is 126 Å². The maximum Gasteiger partial charge on any atom is 0.228 e. The zero-order valence-electron chi connectivity index (χ0n) is 11.6. The molecule has 0 aliphatic heterocycles. The van der Waals surface area contributed by atoms with Crippen LogP contribution in [0.5, 0.6) is 11.6 Å². The first kappa shape index (κ1) is 13.8. The number of hydrogen-bond donors (Lipinski definition) is 2. The minimum Gasteiger partial charge on any atom is -0.437 e. The van der Waals surface area contributed by atoms with Crippen LogP contribution >= 0.6 is 0 Å². The van der Waals surface area contributed by atoms with Crippen molar-refractivity contribution in [2.24, 2.45) is 5.92 Å². The van der Waals surface area contributed by atoms with Gasteiger partial charge >= 0.3 is 0 Å². The van der Waals surface area contributed by atoms with Gasteiger partial charge < -0.3 is 15.8 Å². The normalized spacial score (nSPS) is 13.2. The molecule has 0 unspecified atom stereocenters. The van der Waals surface area contributed by atoms with Crippen molar-refractivity contribution in [2.45, 2.75) is 12.8 Å². The molecule has 1 aliphatic rings. The highest BCUT2D eigenvalue weighted by Gasteiger charge is 2.29. The summed E-state index contributed by atoms with van der Waals surface area (Å²) in [5, 5.41) is 11.8. The number of anilines is 2. The molecule has 3 rings (SSSR count). The largest absolute Gasteiger partial charge is 0.437 e. The Kier molecular flexibility index (Phi) is 3.58. The minimum atomic E-state index is -0.0464. The summed E-state index contributed by atoms with van der Waals surface area (Å²) in [7, 11) is 0. The Balaban J connectivity index is 1.78. The molecule has 1 aliphatic carbocycles. The van der Waals surface area contributed by atoms with Gasteiger partial charge in [0, 0.05) is 17.7 Å². The topological polar surface area (TPSA) is 114 Å². The molecule has 110 valence electrons. The molecule has 7 nitrogen and oxygen atoms in total. The fourth-order valence-electron chi connectivity index (χ4n) is 1.87. The zero-order chi connectivity index (χ0) is 15.5. The Morgan fingerprint density at radius 2 is 2.18 bits per heavy atom. The van der Waals surface area contributed by atoms with Crippen LogP contribution in [-0.2, 0) is 4.79 Å². The third kappa shape index (κ3) is 3.12. The Hall–Kier alpha value is -3.14. The van der Waals surface area contributed by atoms with Crippen LogP contribution < -0.4 is 15.8 Å². The molecular weight excluding hydrogens is 282 g/mol. The summed E-state index contributed by atoms with van der Waals surface area (Å²) in [6, 6.07) is 8.27. The zero-order valence-corrected chi connectivity index (χ0v) is 11.6. The first-order valence-electron chi connectivity index (χ1n) is 6.76. The number of nitrogens with two attached hydrogens (primary N) is 1. The number of carbonyl (C=O) groups is 1. The number of ether oxygens (including phenoxy) is 1. The molecule has 0 spiro atoms. The fourth-order valence-corrected chi connectivity index (χ4v) is 1.87. The maximum absolute atomic E-state index is 11.7. The highest BCUT2D eigenvalue weighted by Crippen LogP contribution is 2.30. The van der Waals surface area contributed by atoms with Gasteiger partial charge in [-0.05, 0) is 31.0 Å². The summed E-state index contributed by atoms with van der Waals surface area (Å²) in [6.45, 7) is 0. The first-order valence-corrected chi connectivity index (χ1v) is 6.76. The quantitative estimate of drug-likeness (QED) is 0.834. The van der Waals surface area contributed by atoms with Gasteiger partial charge in [-0.15, -0.1) is 0 Å². The number of carbonyl (C=O) groups excluding carboxylic acids is 1. The molecule has 1 amide bonds. The molecule has 3 N–H and O–H groups in total. The van der Waals surface area contributed by atoms with Crippen molar-refractivity contribution in [2.75, 3.05) is 11.1 Å². The third-order valence-electron chi connectivity index (χ3n) is 3.18. The van der Waals surface area contributed by atoms with Crippen molar-refractivity contribution < 1.29 is 9.53 Å². The standard InChI is InChI=1S/C15H13N5O2/c16-7-10-5-11(17)3-4-12(10)22-14-6-13(18-8-19-14)20-15(21)9-1-2-9/h3-6,8-9H,1-2,17H2,(H,18,19,20,21). The van der Waals surface area contributed by atoms with Crippen LogP contribution in [-0.4, -0.2) is 15.9 Å². The number of nitrogens with zero attached hydrogens (tertiary/aromatic N) is 3. The molecule has 1 heterocycles. The van der Waals surface area contributed by atoms with Gasteiger partial charge in [0.15, 0.2) is 0 Å². The summed E-state index contributed by atoms with van der Waals surface area (Å²) in [5.74, 6) is 0.990. The van der Waals surface area contributed by atoms with E-state index < -0.39 is 0 Å². The third-order valence-corrected chi connectivity index (χ3v) is 3.18. The summed E-state index contributed by atoms with van der Waals surface area (Å²) in [4.78, 5) is 19.7. The lowest BCUT2D eigenvalue weighted by Gasteiger charge is -2.08. The summed E-state index contributed by atoms with van der Waals surface area (Å²) in [5.41, 5.74) is 6.41. The van der Waals surface area contributed by atoms with Crippen molar-refractivity contribution in [1.29, 1.82) is 5.26 Å². The van der Waals surface area contributed by atoms with E-state index in [1.807, 2.05) is 6.07 Å². The van der Waals surface area contributed by atoms with E-state index in [0.717, 1.165) is 12.8 Å². The van der Waals surface area contributed by atoms with Crippen molar-refractivity contribution in [3.8, 4) is 17.7 Å². The van der Waals surface area contributed by atoms with Crippen LogP contribution in [0.25, 0.3) is 0 Å². The average molecular weight is 295 g/mol. The van der Waals surface area contributed by atoms with Gasteiger partial charge in [0.05, 0.1) is 5.56 Å². The van der Waals surface area contributed by atoms with Gasteiger partial charge in [0.2, 0.25) is 11.8 Å². The second-order valence-electron chi connectivity index (χ2n) is 4.97. The van der Waals surface area contributed by atoms with Crippen LogP contribution in [0, 0.1) is 17.2 Å². The molecule has 0 atom stereocenters. The van der Waals surface area contributed by atoms with E-state index in [4.69, 9.17) is 15.7 Å². The number of aromatic nitrogens is 2. The number of nitriles is 1. The molecule has 1 aromatic heterocycles. The molecule has 22 heavy (non-hydrogen) atoms. The highest BCUT2D eigenvalue weighted by molar-refractivity contribution is 5.93. The lowest BCUT2D eigenvalue weighted by atomic mass is 10.2. The van der Waals surface area contributed by atoms with E-state index in [2.05, 4.69) is 15.3 Å². The molecule has 1 saturated carbocycles. The monoisotopic (exact) mass is 295 g/mol. The van der Waals surface area contributed by atoms with Crippen molar-refractivity contribution in [1.82, 2.24) is 9.97 Å². The fraction of sp³-hybridized carbons (Fsp3) is 0.200. The van der Waals surface area contributed by atoms with Crippen molar-refractivity contribution >= 4 is 17.4 Å². The number of benzene rings is 1. The van der Waals surface area contributed by atoms with Gasteiger partial charge in [0.25, 0.3) is 0 Å². The van der Waals surface area contributed by atoms with Gasteiger partial charge in [-0.3, -0.25) is 4.79 Å². The van der Waals surface area contributed by atoms with Gasteiger partial charge in [-0.2, -0.15) is 5.26 Å². The van der Waals surface area contributed by atoms with E-state index in [1.165, 1.54) is 18.5 Å². The van der Waals surface area contributed by atoms with Crippen LogP contribution in [0.3, 0.4) is 0 Å². The van der Waals surface area contributed by atoms with Crippen LogP contribution in [0.15, 0.2) is 30.6 Å². The van der Waals surface area contributed by atoms with E-state index in [9.17, 15) is 4.79 Å². The Bertz CT molecular complexity index is 765. The number of amides is 1. The smallest absolute Gasteiger partial charge is 0.228 e. The SMILES string of the molecule is N#Cc1cc(N)ccc1Oc1cc(NC(=O)C2CC2)ncn1. The second-order valence-corrected chi connectivity index (χ2v) is 4.97. The molecule has 2 aromatic rings. The van der Waals surface area contributed by atoms with Crippen LogP contribution in [0.4, 0.5) is 11.5 Å². The highest BCUT2D eigenvalue weighted by atomic mass is 16.5. The molecule has 1 aromatic carbocycles. The van der Waals surface area contributed by atoms with Gasteiger partial charge in [0.1, 0.15) is 24.0 Å². The number of rotatable bonds is 4. The van der Waals surface area contributed by atoms with E-state index in [0.29, 0.717) is 22.8 Å². The van der Waals surface area contributed by atoms with Gasteiger partial charge in [-0.25, -0.2) is 9.97 Å². The van der Waals surface area contributed by atoms with Crippen molar-refractivity contribution in [3.63, 3.8) is 0 Å². The number of nitrogen functional groups attached to an aromatic ring is 1. The molecule has 0 radical (unpaired) electrons. The lowest BCUT2D eigenvalue weighted by Crippen LogP contribution is -2.14. The van der Waals surface area contributed by atoms with Crippen LogP contribution in [0.2, 0.25) is 0 Å². The second kappa shape index (κ2) is 5.69. The number of nitrogens with one attached hydrogen (secondary N) is 1. The summed E-state index contributed by atoms with van der Waals surface area (Å²) >= 11 is 0. The molecular formula is C15H13N5O2. The van der Waals surface area contributed by atoms with Crippen molar-refractivity contribution in [3.05, 3.63) is 36.2 Å². The molecule has 7 heteroatoms. The van der Waals surface area contributed by atoms with E-state index >= 15 is 0 Å². The summed E-state index contributed by atoms with van der Waals surface area (Å²) < 4.78 is 5.57. The molecule has 0 saturated heterocycles. The predicted molar refractivity (Wildman–Crippen MR) is 79.0 cm³/mol. The Morgan fingerprint density at radius 3 is 2.91 bits per heavy atom.